The van der Waals surface area contributed by atoms with Gasteiger partial charge in [-0.15, -0.1) is 0 Å². The molecule has 0 aromatic carbocycles. The van der Waals surface area contributed by atoms with Crippen LogP contribution in [0.25, 0.3) is 0 Å². The minimum Gasteiger partial charge on any atom is -0.461 e. The van der Waals surface area contributed by atoms with Crippen LogP contribution in [0.5, 0.6) is 0 Å². The van der Waals surface area contributed by atoms with Gasteiger partial charge < -0.3 is 4.74 Å². The molecule has 2 aliphatic rings. The molecule has 0 saturated heterocycles. The van der Waals surface area contributed by atoms with Crippen LogP contribution in [0.1, 0.15) is 19.8 Å². The zero-order valence-corrected chi connectivity index (χ0v) is 6.62. The summed E-state index contributed by atoms with van der Waals surface area (Å²) < 4.78 is 5.20. The third-order valence-corrected chi connectivity index (χ3v) is 2.58. The molecule has 2 rings (SSSR count). The van der Waals surface area contributed by atoms with Crippen LogP contribution >= 0.6 is 0 Å². The van der Waals surface area contributed by atoms with Gasteiger partial charge >= 0.3 is 5.97 Å². The van der Waals surface area contributed by atoms with E-state index >= 15 is 0 Å². The van der Waals surface area contributed by atoms with Crippen LogP contribution in [0.15, 0.2) is 12.2 Å². The highest BCUT2D eigenvalue weighted by molar-refractivity contribution is 5.66. The largest absolute Gasteiger partial charge is 0.461 e. The summed E-state index contributed by atoms with van der Waals surface area (Å²) >= 11 is 0. The molecule has 0 amide bonds. The minimum atomic E-state index is -0.143. The Hall–Kier alpha value is -0.790. The van der Waals surface area contributed by atoms with Gasteiger partial charge in [0.25, 0.3) is 0 Å². The second-order valence-electron chi connectivity index (χ2n) is 3.36. The van der Waals surface area contributed by atoms with Crippen molar-refractivity contribution >= 4 is 5.97 Å². The van der Waals surface area contributed by atoms with Gasteiger partial charge in [0.1, 0.15) is 6.10 Å². The summed E-state index contributed by atoms with van der Waals surface area (Å²) in [5, 5.41) is 0. The second kappa shape index (κ2) is 2.36. The molecule has 0 aromatic heterocycles. The number of hydrogen-bond donors (Lipinski definition) is 0. The maximum Gasteiger partial charge on any atom is 0.302 e. The van der Waals surface area contributed by atoms with Crippen LogP contribution in [0.3, 0.4) is 0 Å². The van der Waals surface area contributed by atoms with E-state index in [-0.39, 0.29) is 12.1 Å². The highest BCUT2D eigenvalue weighted by Crippen LogP contribution is 2.40. The van der Waals surface area contributed by atoms with E-state index in [4.69, 9.17) is 4.74 Å². The zero-order chi connectivity index (χ0) is 7.84. The first kappa shape index (κ1) is 6.89. The first-order valence-electron chi connectivity index (χ1n) is 4.13. The van der Waals surface area contributed by atoms with E-state index in [0.29, 0.717) is 11.8 Å². The van der Waals surface area contributed by atoms with E-state index in [9.17, 15) is 4.79 Å². The summed E-state index contributed by atoms with van der Waals surface area (Å²) in [5.41, 5.74) is 0. The number of carbonyl (C=O) groups excluding carboxylic acids is 1. The van der Waals surface area contributed by atoms with Gasteiger partial charge in [0, 0.05) is 18.8 Å². The molecule has 0 aliphatic heterocycles. The highest BCUT2D eigenvalue weighted by Gasteiger charge is 2.39. The van der Waals surface area contributed by atoms with Gasteiger partial charge in [-0.25, -0.2) is 0 Å². The van der Waals surface area contributed by atoms with Crippen LogP contribution in [0.4, 0.5) is 0 Å². The average molecular weight is 152 g/mol. The van der Waals surface area contributed by atoms with Gasteiger partial charge in [-0.3, -0.25) is 4.79 Å². The van der Waals surface area contributed by atoms with Crippen molar-refractivity contribution in [2.45, 2.75) is 25.9 Å². The van der Waals surface area contributed by atoms with E-state index in [1.54, 1.807) is 0 Å². The fraction of sp³-hybridized carbons (Fsp3) is 0.667. The van der Waals surface area contributed by atoms with Crippen molar-refractivity contribution in [3.05, 3.63) is 12.2 Å². The third kappa shape index (κ3) is 1.06. The molecule has 60 valence electrons. The van der Waals surface area contributed by atoms with Crippen molar-refractivity contribution in [1.82, 2.24) is 0 Å². The monoisotopic (exact) mass is 152 g/mol. The number of esters is 1. The van der Waals surface area contributed by atoms with Crippen LogP contribution in [-0.4, -0.2) is 12.1 Å². The van der Waals surface area contributed by atoms with Crippen LogP contribution in [0, 0.1) is 11.8 Å². The van der Waals surface area contributed by atoms with Crippen molar-refractivity contribution in [2.75, 3.05) is 0 Å². The van der Waals surface area contributed by atoms with Gasteiger partial charge in [0.05, 0.1) is 0 Å². The van der Waals surface area contributed by atoms with Crippen molar-refractivity contribution < 1.29 is 9.53 Å². The number of carbonyl (C=O) groups is 1. The molecular weight excluding hydrogens is 140 g/mol. The van der Waals surface area contributed by atoms with Crippen molar-refractivity contribution in [1.29, 1.82) is 0 Å². The van der Waals surface area contributed by atoms with Crippen LogP contribution in [-0.2, 0) is 9.53 Å². The SMILES string of the molecule is CC(=O)OC1C2C=CC1CC2. The lowest BCUT2D eigenvalue weighted by Crippen LogP contribution is -2.21. The molecule has 1 saturated carbocycles. The molecule has 2 atom stereocenters. The van der Waals surface area contributed by atoms with Gasteiger partial charge in [0.2, 0.25) is 0 Å². The predicted octanol–water partition coefficient (Wildman–Crippen LogP) is 1.51. The Morgan fingerprint density at radius 1 is 1.36 bits per heavy atom. The number of ether oxygens (including phenoxy) is 1. The first-order valence-corrected chi connectivity index (χ1v) is 4.13. The predicted molar refractivity (Wildman–Crippen MR) is 40.9 cm³/mol. The van der Waals surface area contributed by atoms with Crippen molar-refractivity contribution in [2.24, 2.45) is 11.8 Å². The van der Waals surface area contributed by atoms with Gasteiger partial charge in [-0.05, 0) is 12.8 Å². The molecule has 0 N–H and O–H groups in total. The fourth-order valence-electron chi connectivity index (χ4n) is 2.09. The molecule has 2 aliphatic carbocycles. The molecule has 2 bridgehead atoms. The average Bonchev–Trinajstić information content (AvgIpc) is 2.48. The normalized spacial score (nSPS) is 39.5. The molecule has 2 nitrogen and oxygen atoms in total. The Labute approximate surface area is 66.2 Å². The Morgan fingerprint density at radius 2 is 1.91 bits per heavy atom. The lowest BCUT2D eigenvalue weighted by molar-refractivity contribution is -0.148. The molecule has 2 heteroatoms. The summed E-state index contributed by atoms with van der Waals surface area (Å²) in [4.78, 5) is 10.7. The molecule has 0 radical (unpaired) electrons. The van der Waals surface area contributed by atoms with Gasteiger partial charge in [-0.1, -0.05) is 12.2 Å². The minimum absolute atomic E-state index is 0.143. The number of hydrogen-bond acceptors (Lipinski definition) is 2. The molecule has 11 heavy (non-hydrogen) atoms. The molecule has 1 fully saturated rings. The maximum absolute atomic E-state index is 10.7. The topological polar surface area (TPSA) is 26.3 Å². The third-order valence-electron chi connectivity index (χ3n) is 2.58. The molecular formula is C9H12O2. The fourth-order valence-corrected chi connectivity index (χ4v) is 2.09. The Morgan fingerprint density at radius 3 is 2.27 bits per heavy atom. The Balaban J connectivity index is 2.02. The molecule has 0 spiro atoms. The van der Waals surface area contributed by atoms with E-state index in [1.807, 2.05) is 0 Å². The molecule has 0 heterocycles. The van der Waals surface area contributed by atoms with Crippen LogP contribution in [0.2, 0.25) is 0 Å². The Bertz CT molecular complexity index is 194. The highest BCUT2D eigenvalue weighted by atomic mass is 16.5. The van der Waals surface area contributed by atoms with Crippen molar-refractivity contribution in [3.63, 3.8) is 0 Å². The van der Waals surface area contributed by atoms with E-state index in [1.165, 1.54) is 19.8 Å². The standard InChI is InChI=1S/C9H12O2/c1-6(10)11-9-7-2-3-8(9)5-4-7/h2-3,7-9H,4-5H2,1H3. The maximum atomic E-state index is 10.7. The summed E-state index contributed by atoms with van der Waals surface area (Å²) in [6.45, 7) is 1.48. The summed E-state index contributed by atoms with van der Waals surface area (Å²) in [6.07, 6.45) is 6.93. The molecule has 2 unspecified atom stereocenters. The summed E-state index contributed by atoms with van der Waals surface area (Å²) in [6, 6.07) is 0. The first-order chi connectivity index (χ1) is 5.27. The van der Waals surface area contributed by atoms with E-state index in [2.05, 4.69) is 12.2 Å². The zero-order valence-electron chi connectivity index (χ0n) is 6.62. The lowest BCUT2D eigenvalue weighted by atomic mass is 10.1. The van der Waals surface area contributed by atoms with Crippen molar-refractivity contribution in [3.8, 4) is 0 Å². The number of rotatable bonds is 1. The molecule has 0 aromatic rings. The quantitative estimate of drug-likeness (QED) is 0.420. The van der Waals surface area contributed by atoms with Crippen LogP contribution < -0.4 is 0 Å². The lowest BCUT2D eigenvalue weighted by Gasteiger charge is -2.14. The second-order valence-corrected chi connectivity index (χ2v) is 3.36. The number of fused-ring (bicyclic) bond motifs is 2. The Kier molecular flexibility index (Phi) is 1.48. The van der Waals surface area contributed by atoms with E-state index in [0.717, 1.165) is 0 Å². The summed E-state index contributed by atoms with van der Waals surface area (Å²) in [7, 11) is 0. The van der Waals surface area contributed by atoms with Gasteiger partial charge in [0.15, 0.2) is 0 Å². The van der Waals surface area contributed by atoms with E-state index < -0.39 is 0 Å². The smallest absolute Gasteiger partial charge is 0.302 e. The van der Waals surface area contributed by atoms with Gasteiger partial charge in [-0.2, -0.15) is 0 Å². The summed E-state index contributed by atoms with van der Waals surface area (Å²) in [5.74, 6) is 0.892.